The number of aliphatic carboxylic acids is 1. The molecule has 1 saturated heterocycles. The van der Waals surface area contributed by atoms with Crippen LogP contribution < -0.4 is 4.74 Å². The van der Waals surface area contributed by atoms with Crippen LogP contribution in [0.4, 0.5) is 4.39 Å². The predicted molar refractivity (Wildman–Crippen MR) is 62.9 cm³/mol. The van der Waals surface area contributed by atoms with Gasteiger partial charge in [-0.1, -0.05) is 0 Å². The first-order valence-corrected chi connectivity index (χ1v) is 5.52. The SMILES string of the molecule is C/C(=C/C(=O)O)c1cc(F)ccc1OCC1CO1. The van der Waals surface area contributed by atoms with Crippen LogP contribution in [0.2, 0.25) is 0 Å². The Balaban J connectivity index is 2.23. The number of hydrogen-bond acceptors (Lipinski definition) is 3. The molecular formula is C13H13FO4. The molecule has 0 spiro atoms. The average Bonchev–Trinajstić information content (AvgIpc) is 3.10. The summed E-state index contributed by atoms with van der Waals surface area (Å²) >= 11 is 0. The number of benzene rings is 1. The summed E-state index contributed by atoms with van der Waals surface area (Å²) in [6, 6.07) is 4.03. The normalized spacial score (nSPS) is 18.6. The molecule has 0 radical (unpaired) electrons. The number of carboxylic acid groups (broad SMARTS) is 1. The van der Waals surface area contributed by atoms with Gasteiger partial charge in [0.25, 0.3) is 0 Å². The maximum Gasteiger partial charge on any atom is 0.328 e. The lowest BCUT2D eigenvalue weighted by Gasteiger charge is -2.11. The van der Waals surface area contributed by atoms with Gasteiger partial charge >= 0.3 is 5.97 Å². The number of carbonyl (C=O) groups is 1. The third-order valence-electron chi connectivity index (χ3n) is 2.53. The lowest BCUT2D eigenvalue weighted by molar-refractivity contribution is -0.131. The third kappa shape index (κ3) is 3.30. The standard InChI is InChI=1S/C13H13FO4/c1-8(4-13(15)16)11-5-9(14)2-3-12(11)18-7-10-6-17-10/h2-5,10H,6-7H2,1H3,(H,15,16)/b8-4-. The third-order valence-corrected chi connectivity index (χ3v) is 2.53. The van der Waals surface area contributed by atoms with E-state index < -0.39 is 11.8 Å². The molecular weight excluding hydrogens is 239 g/mol. The highest BCUT2D eigenvalue weighted by molar-refractivity contribution is 5.90. The first-order valence-electron chi connectivity index (χ1n) is 5.52. The van der Waals surface area contributed by atoms with E-state index in [2.05, 4.69) is 0 Å². The minimum atomic E-state index is -1.08. The molecule has 1 aliphatic heterocycles. The van der Waals surface area contributed by atoms with Crippen LogP contribution in [0.3, 0.4) is 0 Å². The van der Waals surface area contributed by atoms with Gasteiger partial charge in [-0.3, -0.25) is 0 Å². The molecule has 0 aliphatic carbocycles. The van der Waals surface area contributed by atoms with Crippen molar-refractivity contribution in [3.05, 3.63) is 35.7 Å². The summed E-state index contributed by atoms with van der Waals surface area (Å²) in [6.45, 7) is 2.66. The van der Waals surface area contributed by atoms with E-state index in [0.29, 0.717) is 30.1 Å². The van der Waals surface area contributed by atoms with Crippen LogP contribution >= 0.6 is 0 Å². The number of epoxide rings is 1. The Hall–Kier alpha value is -1.88. The van der Waals surface area contributed by atoms with Crippen molar-refractivity contribution in [1.82, 2.24) is 0 Å². The number of carboxylic acids is 1. The van der Waals surface area contributed by atoms with Crippen LogP contribution in [-0.4, -0.2) is 30.4 Å². The van der Waals surface area contributed by atoms with Crippen LogP contribution in [0.1, 0.15) is 12.5 Å². The van der Waals surface area contributed by atoms with E-state index in [1.54, 1.807) is 6.92 Å². The van der Waals surface area contributed by atoms with E-state index in [4.69, 9.17) is 14.6 Å². The van der Waals surface area contributed by atoms with E-state index in [0.717, 1.165) is 6.08 Å². The van der Waals surface area contributed by atoms with Crippen LogP contribution in [0, 0.1) is 5.82 Å². The highest BCUT2D eigenvalue weighted by Gasteiger charge is 2.23. The first kappa shape index (κ1) is 12.6. The predicted octanol–water partition coefficient (Wildman–Crippen LogP) is 2.09. The van der Waals surface area contributed by atoms with Crippen molar-refractivity contribution >= 4 is 11.5 Å². The highest BCUT2D eigenvalue weighted by Crippen LogP contribution is 2.27. The first-order chi connectivity index (χ1) is 8.56. The van der Waals surface area contributed by atoms with Gasteiger partial charge in [0.1, 0.15) is 24.3 Å². The molecule has 1 atom stereocenters. The molecule has 5 heteroatoms. The molecule has 1 N–H and O–H groups in total. The van der Waals surface area contributed by atoms with Gasteiger partial charge in [0.15, 0.2) is 0 Å². The van der Waals surface area contributed by atoms with Gasteiger partial charge in [0.2, 0.25) is 0 Å². The summed E-state index contributed by atoms with van der Waals surface area (Å²) in [4.78, 5) is 10.6. The summed E-state index contributed by atoms with van der Waals surface area (Å²) in [5, 5.41) is 8.70. The summed E-state index contributed by atoms with van der Waals surface area (Å²) in [6.07, 6.45) is 1.11. The Bertz CT molecular complexity index is 492. The van der Waals surface area contributed by atoms with Crippen molar-refractivity contribution in [3.8, 4) is 5.75 Å². The van der Waals surface area contributed by atoms with Gasteiger partial charge in [0.05, 0.1) is 6.61 Å². The molecule has 0 aromatic heterocycles. The monoisotopic (exact) mass is 252 g/mol. The van der Waals surface area contributed by atoms with Crippen molar-refractivity contribution in [3.63, 3.8) is 0 Å². The van der Waals surface area contributed by atoms with Crippen molar-refractivity contribution in [1.29, 1.82) is 0 Å². The molecule has 18 heavy (non-hydrogen) atoms. The zero-order valence-corrected chi connectivity index (χ0v) is 9.85. The number of halogens is 1. The molecule has 2 rings (SSSR count). The van der Waals surface area contributed by atoms with Crippen molar-refractivity contribution in [2.24, 2.45) is 0 Å². The van der Waals surface area contributed by atoms with E-state index >= 15 is 0 Å². The molecule has 1 aromatic carbocycles. The molecule has 1 aliphatic rings. The maximum atomic E-state index is 13.2. The Morgan fingerprint density at radius 1 is 1.67 bits per heavy atom. The Labute approximate surface area is 104 Å². The van der Waals surface area contributed by atoms with Crippen LogP contribution in [-0.2, 0) is 9.53 Å². The summed E-state index contributed by atoms with van der Waals surface area (Å²) in [7, 11) is 0. The fourth-order valence-electron chi connectivity index (χ4n) is 1.55. The topological polar surface area (TPSA) is 59.1 Å². The number of rotatable bonds is 5. The van der Waals surface area contributed by atoms with Crippen LogP contribution in [0.25, 0.3) is 5.57 Å². The summed E-state index contributed by atoms with van der Waals surface area (Å²) in [5.74, 6) is -1.05. The second-order valence-corrected chi connectivity index (χ2v) is 4.07. The number of ether oxygens (including phenoxy) is 2. The molecule has 1 unspecified atom stereocenters. The molecule has 1 aromatic rings. The van der Waals surface area contributed by atoms with Gasteiger partial charge in [-0.25, -0.2) is 9.18 Å². The highest BCUT2D eigenvalue weighted by atomic mass is 19.1. The largest absolute Gasteiger partial charge is 0.490 e. The fraction of sp³-hybridized carbons (Fsp3) is 0.308. The molecule has 0 amide bonds. The number of hydrogen-bond donors (Lipinski definition) is 1. The van der Waals surface area contributed by atoms with Crippen molar-refractivity contribution in [2.45, 2.75) is 13.0 Å². The molecule has 0 saturated carbocycles. The minimum absolute atomic E-state index is 0.0895. The zero-order chi connectivity index (χ0) is 13.1. The van der Waals surface area contributed by atoms with E-state index in [-0.39, 0.29) is 6.10 Å². The molecule has 0 bridgehead atoms. The van der Waals surface area contributed by atoms with Gasteiger partial charge < -0.3 is 14.6 Å². The molecule has 1 fully saturated rings. The van der Waals surface area contributed by atoms with Crippen molar-refractivity contribution < 1.29 is 23.8 Å². The van der Waals surface area contributed by atoms with Gasteiger partial charge in [-0.2, -0.15) is 0 Å². The lowest BCUT2D eigenvalue weighted by atomic mass is 10.1. The maximum absolute atomic E-state index is 13.2. The van der Waals surface area contributed by atoms with E-state index in [1.165, 1.54) is 18.2 Å². The minimum Gasteiger partial charge on any atom is -0.490 e. The fourth-order valence-corrected chi connectivity index (χ4v) is 1.55. The van der Waals surface area contributed by atoms with E-state index in [1.807, 2.05) is 0 Å². The molecule has 4 nitrogen and oxygen atoms in total. The smallest absolute Gasteiger partial charge is 0.328 e. The average molecular weight is 252 g/mol. The van der Waals surface area contributed by atoms with Gasteiger partial charge in [0, 0.05) is 11.6 Å². The lowest BCUT2D eigenvalue weighted by Crippen LogP contribution is -2.06. The number of allylic oxidation sites excluding steroid dienone is 1. The van der Waals surface area contributed by atoms with Crippen molar-refractivity contribution in [2.75, 3.05) is 13.2 Å². The Morgan fingerprint density at radius 2 is 2.39 bits per heavy atom. The molecule has 96 valence electrons. The Morgan fingerprint density at radius 3 is 3.00 bits per heavy atom. The quantitative estimate of drug-likeness (QED) is 0.644. The van der Waals surface area contributed by atoms with Gasteiger partial charge in [-0.05, 0) is 30.7 Å². The zero-order valence-electron chi connectivity index (χ0n) is 9.85. The summed E-state index contributed by atoms with van der Waals surface area (Å²) in [5.41, 5.74) is 0.881. The van der Waals surface area contributed by atoms with Gasteiger partial charge in [-0.15, -0.1) is 0 Å². The molecule has 1 heterocycles. The summed E-state index contributed by atoms with van der Waals surface area (Å²) < 4.78 is 23.7. The van der Waals surface area contributed by atoms with Crippen LogP contribution in [0.5, 0.6) is 5.75 Å². The Kier molecular flexibility index (Phi) is 3.62. The van der Waals surface area contributed by atoms with Crippen LogP contribution in [0.15, 0.2) is 24.3 Å². The van der Waals surface area contributed by atoms with E-state index in [9.17, 15) is 9.18 Å². The second-order valence-electron chi connectivity index (χ2n) is 4.07. The second kappa shape index (κ2) is 5.18.